The predicted molar refractivity (Wildman–Crippen MR) is 75.4 cm³/mol. The van der Waals surface area contributed by atoms with Crippen molar-refractivity contribution in [1.29, 1.82) is 0 Å². The fourth-order valence-corrected chi connectivity index (χ4v) is 2.95. The Morgan fingerprint density at radius 2 is 2.16 bits per heavy atom. The van der Waals surface area contributed by atoms with E-state index >= 15 is 0 Å². The van der Waals surface area contributed by atoms with Crippen LogP contribution in [0.4, 0.5) is 0 Å². The van der Waals surface area contributed by atoms with E-state index in [1.807, 2.05) is 22.9 Å². The summed E-state index contributed by atoms with van der Waals surface area (Å²) in [6, 6.07) is 3.53. The Hall–Kier alpha value is -1.55. The second-order valence-electron chi connectivity index (χ2n) is 5.44. The van der Waals surface area contributed by atoms with Gasteiger partial charge in [0.05, 0.1) is 5.69 Å². The first kappa shape index (κ1) is 12.5. The number of aromatic hydroxyl groups is 1. The molecule has 0 atom stereocenters. The largest absolute Gasteiger partial charge is 0.504 e. The van der Waals surface area contributed by atoms with Crippen LogP contribution in [-0.2, 0) is 6.42 Å². The Morgan fingerprint density at radius 3 is 2.84 bits per heavy atom. The van der Waals surface area contributed by atoms with Crippen molar-refractivity contribution in [2.45, 2.75) is 26.2 Å². The van der Waals surface area contributed by atoms with Crippen LogP contribution in [0.3, 0.4) is 0 Å². The van der Waals surface area contributed by atoms with Crippen LogP contribution >= 0.6 is 0 Å². The summed E-state index contributed by atoms with van der Waals surface area (Å²) in [6.45, 7) is 5.81. The van der Waals surface area contributed by atoms with Crippen molar-refractivity contribution in [2.75, 3.05) is 19.6 Å². The van der Waals surface area contributed by atoms with Gasteiger partial charge < -0.3 is 14.4 Å². The Kier molecular flexibility index (Phi) is 3.42. The van der Waals surface area contributed by atoms with Crippen molar-refractivity contribution in [3.8, 4) is 5.75 Å². The monoisotopic (exact) mass is 259 g/mol. The molecule has 0 aliphatic carbocycles. The fraction of sp³-hybridized carbons (Fsp3) is 0.533. The van der Waals surface area contributed by atoms with E-state index in [0.717, 1.165) is 24.6 Å². The van der Waals surface area contributed by atoms with Gasteiger partial charge in [-0.15, -0.1) is 0 Å². The molecule has 4 heteroatoms. The van der Waals surface area contributed by atoms with Crippen LogP contribution in [0.2, 0.25) is 0 Å². The van der Waals surface area contributed by atoms with Gasteiger partial charge in [-0.05, 0) is 56.9 Å². The van der Waals surface area contributed by atoms with Crippen molar-refractivity contribution >= 4 is 5.65 Å². The third-order valence-corrected chi connectivity index (χ3v) is 4.16. The minimum Gasteiger partial charge on any atom is -0.504 e. The molecule has 1 N–H and O–H groups in total. The predicted octanol–water partition coefficient (Wildman–Crippen LogP) is 2.31. The zero-order valence-corrected chi connectivity index (χ0v) is 11.4. The number of nitrogens with zero attached hydrogens (tertiary/aromatic N) is 3. The van der Waals surface area contributed by atoms with Crippen LogP contribution in [0.15, 0.2) is 24.5 Å². The highest BCUT2D eigenvalue weighted by molar-refractivity contribution is 5.53. The molecule has 1 aliphatic heterocycles. The first-order valence-electron chi connectivity index (χ1n) is 7.14. The molecular weight excluding hydrogens is 238 g/mol. The number of hydrogen-bond donors (Lipinski definition) is 1. The molecule has 19 heavy (non-hydrogen) atoms. The highest BCUT2D eigenvalue weighted by atomic mass is 16.3. The molecule has 1 saturated heterocycles. The van der Waals surface area contributed by atoms with Crippen LogP contribution in [0.5, 0.6) is 5.75 Å². The van der Waals surface area contributed by atoms with Crippen molar-refractivity contribution in [1.82, 2.24) is 14.3 Å². The van der Waals surface area contributed by atoms with Crippen LogP contribution in [0.1, 0.15) is 25.5 Å². The highest BCUT2D eigenvalue weighted by Gasteiger charge is 2.19. The second-order valence-corrected chi connectivity index (χ2v) is 5.44. The highest BCUT2D eigenvalue weighted by Crippen LogP contribution is 2.23. The zero-order valence-electron chi connectivity index (χ0n) is 11.4. The van der Waals surface area contributed by atoms with Gasteiger partial charge in [-0.2, -0.15) is 0 Å². The molecule has 0 radical (unpaired) electrons. The molecule has 0 amide bonds. The smallest absolute Gasteiger partial charge is 0.179 e. The molecule has 0 saturated carbocycles. The Balaban J connectivity index is 1.70. The third-order valence-electron chi connectivity index (χ3n) is 4.16. The number of fused-ring (bicyclic) bond motifs is 1. The third kappa shape index (κ3) is 2.59. The number of piperidine rings is 1. The van der Waals surface area contributed by atoms with Gasteiger partial charge in [0.15, 0.2) is 11.4 Å². The van der Waals surface area contributed by atoms with Crippen LogP contribution in [0, 0.1) is 5.92 Å². The van der Waals surface area contributed by atoms with Gasteiger partial charge in [-0.1, -0.05) is 6.92 Å². The maximum atomic E-state index is 9.77. The van der Waals surface area contributed by atoms with E-state index in [-0.39, 0.29) is 5.75 Å². The molecule has 1 aliphatic rings. The SMILES string of the molecule is CCN1CCC(Cc2cn3cccc(O)c3n2)CC1. The Bertz CT molecular complexity index is 556. The summed E-state index contributed by atoms with van der Waals surface area (Å²) in [5.41, 5.74) is 1.76. The van der Waals surface area contributed by atoms with E-state index in [0.29, 0.717) is 5.65 Å². The summed E-state index contributed by atoms with van der Waals surface area (Å²) in [7, 11) is 0. The molecule has 3 heterocycles. The first-order chi connectivity index (χ1) is 9.26. The van der Waals surface area contributed by atoms with Crippen LogP contribution < -0.4 is 0 Å². The summed E-state index contributed by atoms with van der Waals surface area (Å²) in [5.74, 6) is 0.990. The van der Waals surface area contributed by atoms with Gasteiger partial charge >= 0.3 is 0 Å². The summed E-state index contributed by atoms with van der Waals surface area (Å²) in [4.78, 5) is 7.05. The molecule has 0 aromatic carbocycles. The van der Waals surface area contributed by atoms with Gasteiger partial charge in [0.25, 0.3) is 0 Å². The van der Waals surface area contributed by atoms with Crippen molar-refractivity contribution in [2.24, 2.45) is 5.92 Å². The standard InChI is InChI=1S/C15H21N3O/c1-2-17-8-5-12(6-9-17)10-13-11-18-7-3-4-14(19)15(18)16-13/h3-4,7,11-12,19H,2,5-6,8-10H2,1H3. The fourth-order valence-electron chi connectivity index (χ4n) is 2.95. The minimum atomic E-state index is 0.259. The normalized spacial score (nSPS) is 18.2. The number of rotatable bonds is 3. The lowest BCUT2D eigenvalue weighted by molar-refractivity contribution is 0.191. The lowest BCUT2D eigenvalue weighted by Gasteiger charge is -2.30. The molecule has 0 spiro atoms. The number of imidazole rings is 1. The summed E-state index contributed by atoms with van der Waals surface area (Å²) in [6.07, 6.45) is 7.52. The summed E-state index contributed by atoms with van der Waals surface area (Å²) in [5, 5.41) is 9.77. The van der Waals surface area contributed by atoms with E-state index in [9.17, 15) is 5.11 Å². The van der Waals surface area contributed by atoms with E-state index in [1.54, 1.807) is 6.07 Å². The molecule has 2 aromatic heterocycles. The van der Waals surface area contributed by atoms with Crippen molar-refractivity contribution in [3.05, 3.63) is 30.2 Å². The first-order valence-corrected chi connectivity index (χ1v) is 7.14. The Labute approximate surface area is 113 Å². The quantitative estimate of drug-likeness (QED) is 0.919. The molecular formula is C15H21N3O. The molecule has 0 unspecified atom stereocenters. The summed E-state index contributed by atoms with van der Waals surface area (Å²) >= 11 is 0. The molecule has 3 rings (SSSR count). The number of pyridine rings is 1. The summed E-state index contributed by atoms with van der Waals surface area (Å²) < 4.78 is 1.91. The van der Waals surface area contributed by atoms with Gasteiger partial charge in [-0.25, -0.2) is 4.98 Å². The average Bonchev–Trinajstić information content (AvgIpc) is 2.84. The maximum absolute atomic E-state index is 9.77. The Morgan fingerprint density at radius 1 is 1.37 bits per heavy atom. The number of hydrogen-bond acceptors (Lipinski definition) is 3. The van der Waals surface area contributed by atoms with E-state index in [2.05, 4.69) is 16.8 Å². The number of likely N-dealkylation sites (tertiary alicyclic amines) is 1. The average molecular weight is 259 g/mol. The molecule has 1 fully saturated rings. The topological polar surface area (TPSA) is 40.8 Å². The van der Waals surface area contributed by atoms with Crippen LogP contribution in [0.25, 0.3) is 5.65 Å². The zero-order chi connectivity index (χ0) is 13.2. The molecule has 102 valence electrons. The van der Waals surface area contributed by atoms with E-state index in [4.69, 9.17) is 0 Å². The van der Waals surface area contributed by atoms with Crippen LogP contribution in [-0.4, -0.2) is 39.0 Å². The van der Waals surface area contributed by atoms with Gasteiger partial charge in [0.2, 0.25) is 0 Å². The van der Waals surface area contributed by atoms with E-state index < -0.39 is 0 Å². The maximum Gasteiger partial charge on any atom is 0.179 e. The lowest BCUT2D eigenvalue weighted by Crippen LogP contribution is -2.34. The molecule has 2 aromatic rings. The van der Waals surface area contributed by atoms with Gasteiger partial charge in [0, 0.05) is 12.4 Å². The van der Waals surface area contributed by atoms with E-state index in [1.165, 1.54) is 25.9 Å². The lowest BCUT2D eigenvalue weighted by atomic mass is 9.92. The van der Waals surface area contributed by atoms with Crippen molar-refractivity contribution < 1.29 is 5.11 Å². The van der Waals surface area contributed by atoms with Gasteiger partial charge in [-0.3, -0.25) is 0 Å². The molecule has 0 bridgehead atoms. The minimum absolute atomic E-state index is 0.259. The van der Waals surface area contributed by atoms with Crippen molar-refractivity contribution in [3.63, 3.8) is 0 Å². The second kappa shape index (κ2) is 5.21. The number of aromatic nitrogens is 2. The van der Waals surface area contributed by atoms with Gasteiger partial charge in [0.1, 0.15) is 0 Å². The molecule has 4 nitrogen and oxygen atoms in total.